The average molecular weight is 444 g/mol. The summed E-state index contributed by atoms with van der Waals surface area (Å²) in [6.45, 7) is 7.53. The van der Waals surface area contributed by atoms with E-state index in [4.69, 9.17) is 4.74 Å². The molecule has 3 saturated heterocycles. The first kappa shape index (κ1) is 22.7. The molecule has 9 heteroatoms. The predicted octanol–water partition coefficient (Wildman–Crippen LogP) is 0.180. The van der Waals surface area contributed by atoms with Crippen LogP contribution in [0.15, 0.2) is 30.3 Å². The zero-order valence-electron chi connectivity index (χ0n) is 19.1. The number of fused-ring (bicyclic) bond motifs is 1. The topological polar surface area (TPSA) is 85.4 Å². The molecule has 0 aromatic heterocycles. The highest BCUT2D eigenvalue weighted by Gasteiger charge is 2.52. The van der Waals surface area contributed by atoms with Crippen molar-refractivity contribution in [1.29, 1.82) is 0 Å². The van der Waals surface area contributed by atoms with E-state index in [-0.39, 0.29) is 48.2 Å². The highest BCUT2D eigenvalue weighted by atomic mass is 16.5. The van der Waals surface area contributed by atoms with Crippen LogP contribution in [0, 0.1) is 11.8 Å². The molecule has 0 aliphatic carbocycles. The highest BCUT2D eigenvalue weighted by molar-refractivity contribution is 5.98. The number of para-hydroxylation sites is 1. The number of ether oxygens (including phenoxy) is 1. The number of nitrogens with one attached hydrogen (secondary N) is 1. The predicted molar refractivity (Wildman–Crippen MR) is 120 cm³/mol. The van der Waals surface area contributed by atoms with E-state index in [0.29, 0.717) is 39.3 Å². The molecule has 3 unspecified atom stereocenters. The second-order valence-electron chi connectivity index (χ2n) is 9.06. The molecule has 32 heavy (non-hydrogen) atoms. The van der Waals surface area contributed by atoms with E-state index in [1.54, 1.807) is 9.91 Å². The minimum atomic E-state index is -0.324. The van der Waals surface area contributed by atoms with Crippen molar-refractivity contribution in [3.63, 3.8) is 0 Å². The van der Waals surface area contributed by atoms with Gasteiger partial charge in [0.2, 0.25) is 17.7 Å². The summed E-state index contributed by atoms with van der Waals surface area (Å²) in [5.41, 5.74) is 4.15. The molecule has 3 amide bonds. The molecule has 3 atom stereocenters. The second-order valence-corrected chi connectivity index (χ2v) is 9.06. The van der Waals surface area contributed by atoms with E-state index >= 15 is 0 Å². The van der Waals surface area contributed by atoms with Crippen LogP contribution in [0.1, 0.15) is 13.8 Å². The first-order chi connectivity index (χ1) is 15.4. The molecule has 174 valence electrons. The lowest BCUT2D eigenvalue weighted by atomic mass is 9.83. The number of carbonyl (C=O) groups excluding carboxylic acids is 3. The van der Waals surface area contributed by atoms with Crippen molar-refractivity contribution in [1.82, 2.24) is 20.1 Å². The van der Waals surface area contributed by atoms with Gasteiger partial charge in [-0.25, -0.2) is 10.4 Å². The summed E-state index contributed by atoms with van der Waals surface area (Å²) in [7, 11) is 1.51. The Labute approximate surface area is 189 Å². The summed E-state index contributed by atoms with van der Waals surface area (Å²) in [5, 5.41) is 1.61. The van der Waals surface area contributed by atoms with Crippen molar-refractivity contribution >= 4 is 23.4 Å². The van der Waals surface area contributed by atoms with Gasteiger partial charge in [0, 0.05) is 52.4 Å². The Morgan fingerprint density at radius 2 is 1.72 bits per heavy atom. The number of benzene rings is 1. The van der Waals surface area contributed by atoms with Crippen LogP contribution in [0.2, 0.25) is 0 Å². The Morgan fingerprint density at radius 1 is 1.06 bits per heavy atom. The first-order valence-corrected chi connectivity index (χ1v) is 11.4. The SMILES string of the molecule is COCC(=O)N1CCN(C(=O)C2CN(C(C)C)CC3C(=O)N(c4ccccc4)NC23)CC1. The Kier molecular flexibility index (Phi) is 6.78. The van der Waals surface area contributed by atoms with E-state index in [2.05, 4.69) is 24.2 Å². The van der Waals surface area contributed by atoms with Crippen LogP contribution in [-0.2, 0) is 19.1 Å². The van der Waals surface area contributed by atoms with Crippen molar-refractivity contribution in [2.75, 3.05) is 58.0 Å². The van der Waals surface area contributed by atoms with Crippen LogP contribution >= 0.6 is 0 Å². The molecule has 3 fully saturated rings. The van der Waals surface area contributed by atoms with Crippen LogP contribution in [-0.4, -0.2) is 97.5 Å². The summed E-state index contributed by atoms with van der Waals surface area (Å²) in [6.07, 6.45) is 0. The van der Waals surface area contributed by atoms with Crippen molar-refractivity contribution < 1.29 is 19.1 Å². The van der Waals surface area contributed by atoms with Crippen LogP contribution in [0.25, 0.3) is 0 Å². The largest absolute Gasteiger partial charge is 0.375 e. The van der Waals surface area contributed by atoms with Crippen molar-refractivity contribution in [3.8, 4) is 0 Å². The lowest BCUT2D eigenvalue weighted by Gasteiger charge is -2.43. The third-order valence-electron chi connectivity index (χ3n) is 6.82. The molecule has 3 aliphatic heterocycles. The van der Waals surface area contributed by atoms with Crippen molar-refractivity contribution in [2.24, 2.45) is 11.8 Å². The number of carbonyl (C=O) groups is 3. The van der Waals surface area contributed by atoms with E-state index in [1.165, 1.54) is 7.11 Å². The molecule has 0 saturated carbocycles. The lowest BCUT2D eigenvalue weighted by Crippen LogP contribution is -2.61. The van der Waals surface area contributed by atoms with Gasteiger partial charge in [0.15, 0.2) is 0 Å². The smallest absolute Gasteiger partial charge is 0.248 e. The van der Waals surface area contributed by atoms with Gasteiger partial charge in [-0.2, -0.15) is 0 Å². The fourth-order valence-electron chi connectivity index (χ4n) is 4.94. The molecule has 1 N–H and O–H groups in total. The molecule has 4 rings (SSSR count). The normalized spacial score (nSPS) is 26.6. The van der Waals surface area contributed by atoms with E-state index in [0.717, 1.165) is 5.69 Å². The summed E-state index contributed by atoms with van der Waals surface area (Å²) in [6, 6.07) is 9.53. The minimum absolute atomic E-state index is 0.0133. The molecule has 1 aromatic carbocycles. The third kappa shape index (κ3) is 4.37. The molecule has 0 radical (unpaired) electrons. The molecule has 0 spiro atoms. The number of nitrogens with zero attached hydrogens (tertiary/aromatic N) is 4. The highest BCUT2D eigenvalue weighted by Crippen LogP contribution is 2.33. The molecule has 0 bridgehead atoms. The van der Waals surface area contributed by atoms with Gasteiger partial charge < -0.3 is 14.5 Å². The number of anilines is 1. The number of rotatable bonds is 5. The Hall–Kier alpha value is -2.49. The van der Waals surface area contributed by atoms with Gasteiger partial charge in [-0.15, -0.1) is 0 Å². The molecular formula is C23H33N5O4. The summed E-state index contributed by atoms with van der Waals surface area (Å²) in [4.78, 5) is 44.8. The Balaban J connectivity index is 1.50. The van der Waals surface area contributed by atoms with Gasteiger partial charge in [0.1, 0.15) is 6.61 Å². The molecule has 3 heterocycles. The Bertz CT molecular complexity index is 840. The number of hydrazine groups is 1. The molecular weight excluding hydrogens is 410 g/mol. The number of piperidine rings is 1. The van der Waals surface area contributed by atoms with Gasteiger partial charge in [-0.3, -0.25) is 19.3 Å². The third-order valence-corrected chi connectivity index (χ3v) is 6.82. The fourth-order valence-corrected chi connectivity index (χ4v) is 4.94. The van der Waals surface area contributed by atoms with Crippen LogP contribution in [0.4, 0.5) is 5.69 Å². The quantitative estimate of drug-likeness (QED) is 0.699. The Morgan fingerprint density at radius 3 is 2.34 bits per heavy atom. The van der Waals surface area contributed by atoms with E-state index in [9.17, 15) is 14.4 Å². The van der Waals surface area contributed by atoms with E-state index in [1.807, 2.05) is 35.2 Å². The van der Waals surface area contributed by atoms with Crippen LogP contribution in [0.5, 0.6) is 0 Å². The van der Waals surface area contributed by atoms with Gasteiger partial charge in [0.05, 0.1) is 23.6 Å². The number of methoxy groups -OCH3 is 1. The van der Waals surface area contributed by atoms with Crippen LogP contribution in [0.3, 0.4) is 0 Å². The maximum Gasteiger partial charge on any atom is 0.248 e. The van der Waals surface area contributed by atoms with Gasteiger partial charge in [-0.1, -0.05) is 18.2 Å². The average Bonchev–Trinajstić information content (AvgIpc) is 3.15. The van der Waals surface area contributed by atoms with Gasteiger partial charge in [-0.05, 0) is 26.0 Å². The minimum Gasteiger partial charge on any atom is -0.375 e. The zero-order valence-corrected chi connectivity index (χ0v) is 19.1. The number of hydrogen-bond acceptors (Lipinski definition) is 6. The molecule has 9 nitrogen and oxygen atoms in total. The van der Waals surface area contributed by atoms with E-state index < -0.39 is 0 Å². The van der Waals surface area contributed by atoms with Crippen molar-refractivity contribution in [2.45, 2.75) is 25.9 Å². The zero-order chi connectivity index (χ0) is 22.8. The second kappa shape index (κ2) is 9.56. The van der Waals surface area contributed by atoms with Crippen molar-refractivity contribution in [3.05, 3.63) is 30.3 Å². The number of amides is 3. The fraction of sp³-hybridized carbons (Fsp3) is 0.609. The summed E-state index contributed by atoms with van der Waals surface area (Å²) in [5.74, 6) is -0.580. The first-order valence-electron chi connectivity index (χ1n) is 11.4. The van der Waals surface area contributed by atoms with Gasteiger partial charge >= 0.3 is 0 Å². The standard InChI is InChI=1S/C23H33N5O4/c1-16(2)27-13-18(22(30)26-11-9-25(10-12-26)20(29)15-32-3)21-19(14-27)23(31)28(24-21)17-7-5-4-6-8-17/h4-8,16,18-19,21,24H,9-15H2,1-3H3. The summed E-state index contributed by atoms with van der Waals surface area (Å²) >= 11 is 0. The monoisotopic (exact) mass is 443 g/mol. The molecule has 1 aromatic rings. The summed E-state index contributed by atoms with van der Waals surface area (Å²) < 4.78 is 4.94. The molecule has 3 aliphatic rings. The van der Waals surface area contributed by atoms with Crippen LogP contribution < -0.4 is 10.4 Å². The number of hydrogen-bond donors (Lipinski definition) is 1. The number of piperazine rings is 1. The lowest BCUT2D eigenvalue weighted by molar-refractivity contribution is -0.146. The van der Waals surface area contributed by atoms with Gasteiger partial charge in [0.25, 0.3) is 0 Å². The maximum absolute atomic E-state index is 13.6. The number of likely N-dealkylation sites (tertiary alicyclic amines) is 1. The maximum atomic E-state index is 13.6.